The molecule has 1 fully saturated rings. The van der Waals surface area contributed by atoms with Crippen LogP contribution in [0.15, 0.2) is 48.5 Å². The van der Waals surface area contributed by atoms with Crippen molar-refractivity contribution in [3.63, 3.8) is 0 Å². The van der Waals surface area contributed by atoms with Crippen LogP contribution in [0.4, 0.5) is 5.13 Å². The third-order valence-electron chi connectivity index (χ3n) is 5.56. The fourth-order valence-electron chi connectivity index (χ4n) is 3.62. The Morgan fingerprint density at radius 3 is 2.41 bits per heavy atom. The molecule has 1 aliphatic rings. The third-order valence-corrected chi connectivity index (χ3v) is 6.43. The van der Waals surface area contributed by atoms with E-state index < -0.39 is 0 Å². The summed E-state index contributed by atoms with van der Waals surface area (Å²) in [6.07, 6.45) is 0. The summed E-state index contributed by atoms with van der Waals surface area (Å²) in [5.41, 5.74) is 2.12. The molecule has 10 heteroatoms. The van der Waals surface area contributed by atoms with Gasteiger partial charge >= 0.3 is 0 Å². The first-order valence-electron chi connectivity index (χ1n) is 11.0. The number of hydrogen-bond donors (Lipinski definition) is 1. The number of carbonyl (C=O) groups excluding carboxylic acids is 2. The van der Waals surface area contributed by atoms with E-state index in [1.54, 1.807) is 36.3 Å². The number of methoxy groups -OCH3 is 1. The number of anilines is 1. The zero-order chi connectivity index (χ0) is 23.9. The van der Waals surface area contributed by atoms with Gasteiger partial charge in [0.25, 0.3) is 5.91 Å². The van der Waals surface area contributed by atoms with Crippen molar-refractivity contribution in [2.75, 3.05) is 51.8 Å². The predicted molar refractivity (Wildman–Crippen MR) is 130 cm³/mol. The van der Waals surface area contributed by atoms with Crippen molar-refractivity contribution in [3.8, 4) is 22.1 Å². The highest BCUT2D eigenvalue weighted by Crippen LogP contribution is 2.28. The lowest BCUT2D eigenvalue weighted by Crippen LogP contribution is -2.51. The Hall–Kier alpha value is -3.50. The highest BCUT2D eigenvalue weighted by atomic mass is 32.1. The van der Waals surface area contributed by atoms with Crippen molar-refractivity contribution >= 4 is 28.3 Å². The number of amides is 2. The van der Waals surface area contributed by atoms with E-state index in [0.717, 1.165) is 21.9 Å². The second-order valence-electron chi connectivity index (χ2n) is 7.90. The maximum absolute atomic E-state index is 12.5. The molecule has 34 heavy (non-hydrogen) atoms. The molecule has 0 saturated carbocycles. The van der Waals surface area contributed by atoms with Crippen LogP contribution in [0, 0.1) is 6.92 Å². The molecule has 3 aromatic rings. The predicted octanol–water partition coefficient (Wildman–Crippen LogP) is 2.68. The number of benzene rings is 2. The molecule has 2 amide bonds. The van der Waals surface area contributed by atoms with E-state index in [0.29, 0.717) is 37.1 Å². The number of nitrogens with zero attached hydrogens (tertiary/aromatic N) is 4. The summed E-state index contributed by atoms with van der Waals surface area (Å²) in [6.45, 7) is 4.57. The van der Waals surface area contributed by atoms with Gasteiger partial charge in [-0.05, 0) is 36.8 Å². The van der Waals surface area contributed by atoms with Gasteiger partial charge in [0, 0.05) is 31.7 Å². The molecule has 0 unspecified atom stereocenters. The number of ether oxygens (including phenoxy) is 2. The van der Waals surface area contributed by atoms with Crippen LogP contribution in [0.25, 0.3) is 10.6 Å². The normalized spacial score (nSPS) is 14.0. The van der Waals surface area contributed by atoms with Crippen LogP contribution in [0.2, 0.25) is 0 Å². The smallest absolute Gasteiger partial charge is 0.260 e. The van der Waals surface area contributed by atoms with E-state index in [1.165, 1.54) is 11.3 Å². The topological polar surface area (TPSA) is 96.9 Å². The van der Waals surface area contributed by atoms with Gasteiger partial charge in [-0.25, -0.2) is 0 Å². The molecule has 178 valence electrons. The average molecular weight is 482 g/mol. The molecule has 1 N–H and O–H groups in total. The fraction of sp³-hybridized carbons (Fsp3) is 0.333. The number of rotatable bonds is 8. The van der Waals surface area contributed by atoms with E-state index in [9.17, 15) is 9.59 Å². The Labute approximate surface area is 202 Å². The van der Waals surface area contributed by atoms with Gasteiger partial charge in [0.05, 0.1) is 13.7 Å². The molecular formula is C24H27N5O4S. The molecule has 2 aromatic carbocycles. The molecular weight excluding hydrogens is 454 g/mol. The van der Waals surface area contributed by atoms with Crippen LogP contribution in [0.1, 0.15) is 5.56 Å². The minimum absolute atomic E-state index is 0.0207. The van der Waals surface area contributed by atoms with Crippen LogP contribution < -0.4 is 14.8 Å². The number of aromatic nitrogens is 2. The summed E-state index contributed by atoms with van der Waals surface area (Å²) in [5, 5.41) is 12.4. The van der Waals surface area contributed by atoms with Gasteiger partial charge in [-0.15, -0.1) is 10.2 Å². The first-order chi connectivity index (χ1) is 16.5. The molecule has 0 spiro atoms. The summed E-state index contributed by atoms with van der Waals surface area (Å²) in [4.78, 5) is 28.7. The van der Waals surface area contributed by atoms with Crippen LogP contribution in [0.3, 0.4) is 0 Å². The zero-order valence-electron chi connectivity index (χ0n) is 19.2. The lowest BCUT2D eigenvalue weighted by Gasteiger charge is -2.34. The Morgan fingerprint density at radius 2 is 1.71 bits per heavy atom. The second kappa shape index (κ2) is 11.1. The number of nitrogens with one attached hydrogen (secondary N) is 1. The quantitative estimate of drug-likeness (QED) is 0.528. The van der Waals surface area contributed by atoms with E-state index in [1.807, 2.05) is 36.1 Å². The number of carbonyl (C=O) groups is 2. The number of piperazine rings is 1. The van der Waals surface area contributed by atoms with Gasteiger partial charge in [-0.1, -0.05) is 35.6 Å². The van der Waals surface area contributed by atoms with Gasteiger partial charge < -0.3 is 14.4 Å². The molecule has 1 aromatic heterocycles. The van der Waals surface area contributed by atoms with Crippen molar-refractivity contribution < 1.29 is 19.1 Å². The van der Waals surface area contributed by atoms with Gasteiger partial charge in [-0.2, -0.15) is 0 Å². The minimum atomic E-state index is -0.143. The van der Waals surface area contributed by atoms with Crippen molar-refractivity contribution in [1.29, 1.82) is 0 Å². The van der Waals surface area contributed by atoms with Crippen LogP contribution in [-0.4, -0.2) is 78.3 Å². The highest BCUT2D eigenvalue weighted by molar-refractivity contribution is 7.18. The summed E-state index contributed by atoms with van der Waals surface area (Å²) < 4.78 is 10.7. The molecule has 4 rings (SSSR count). The van der Waals surface area contributed by atoms with Crippen LogP contribution in [0.5, 0.6) is 11.5 Å². The van der Waals surface area contributed by atoms with Gasteiger partial charge in [-0.3, -0.25) is 19.8 Å². The maximum Gasteiger partial charge on any atom is 0.260 e. The van der Waals surface area contributed by atoms with Crippen molar-refractivity contribution in [3.05, 3.63) is 54.1 Å². The van der Waals surface area contributed by atoms with Gasteiger partial charge in [0.2, 0.25) is 11.0 Å². The molecule has 1 aliphatic heterocycles. The highest BCUT2D eigenvalue weighted by Gasteiger charge is 2.23. The first-order valence-corrected chi connectivity index (χ1v) is 11.8. The van der Waals surface area contributed by atoms with E-state index in [4.69, 9.17) is 9.47 Å². The molecule has 1 saturated heterocycles. The standard InChI is InChI=1S/C24H27N5O4S/c1-17-5-3-4-6-20(17)23-26-27-24(34-23)25-21(30)15-28-11-13-29(14-12-28)22(31)16-33-19-9-7-18(32-2)8-10-19/h3-10H,11-16H2,1-2H3,(H,25,27,30). The van der Waals surface area contributed by atoms with E-state index >= 15 is 0 Å². The van der Waals surface area contributed by atoms with Gasteiger partial charge in [0.1, 0.15) is 16.5 Å². The zero-order valence-corrected chi connectivity index (χ0v) is 20.0. The number of hydrogen-bond acceptors (Lipinski definition) is 8. The average Bonchev–Trinajstić information content (AvgIpc) is 3.31. The molecule has 0 atom stereocenters. The Kier molecular flexibility index (Phi) is 7.71. The molecule has 0 bridgehead atoms. The summed E-state index contributed by atoms with van der Waals surface area (Å²) >= 11 is 1.35. The minimum Gasteiger partial charge on any atom is -0.497 e. The summed E-state index contributed by atoms with van der Waals surface area (Å²) in [7, 11) is 1.60. The van der Waals surface area contributed by atoms with Crippen LogP contribution >= 0.6 is 11.3 Å². The Morgan fingerprint density at radius 1 is 1.00 bits per heavy atom. The lowest BCUT2D eigenvalue weighted by molar-refractivity contribution is -0.135. The van der Waals surface area contributed by atoms with Crippen molar-refractivity contribution in [1.82, 2.24) is 20.0 Å². The van der Waals surface area contributed by atoms with E-state index in [-0.39, 0.29) is 25.0 Å². The largest absolute Gasteiger partial charge is 0.497 e. The van der Waals surface area contributed by atoms with E-state index in [2.05, 4.69) is 15.5 Å². The fourth-order valence-corrected chi connectivity index (χ4v) is 4.47. The Bertz CT molecular complexity index is 1130. The monoisotopic (exact) mass is 481 g/mol. The first kappa shape index (κ1) is 23.7. The SMILES string of the molecule is COc1ccc(OCC(=O)N2CCN(CC(=O)Nc3nnc(-c4ccccc4C)s3)CC2)cc1. The lowest BCUT2D eigenvalue weighted by atomic mass is 10.1. The maximum atomic E-state index is 12.5. The molecule has 0 aliphatic carbocycles. The third kappa shape index (κ3) is 6.09. The summed E-state index contributed by atoms with van der Waals surface area (Å²) in [5.74, 6) is 1.14. The molecule has 9 nitrogen and oxygen atoms in total. The number of aryl methyl sites for hydroxylation is 1. The van der Waals surface area contributed by atoms with Crippen LogP contribution in [-0.2, 0) is 9.59 Å². The molecule has 0 radical (unpaired) electrons. The Balaban J connectivity index is 1.20. The molecule has 2 heterocycles. The second-order valence-corrected chi connectivity index (χ2v) is 8.87. The van der Waals surface area contributed by atoms with Crippen molar-refractivity contribution in [2.45, 2.75) is 6.92 Å². The summed E-state index contributed by atoms with van der Waals surface area (Å²) in [6, 6.07) is 15.1. The van der Waals surface area contributed by atoms with Crippen molar-refractivity contribution in [2.24, 2.45) is 0 Å². The van der Waals surface area contributed by atoms with Gasteiger partial charge in [0.15, 0.2) is 6.61 Å².